The minimum atomic E-state index is -0.920. The van der Waals surface area contributed by atoms with Crippen molar-refractivity contribution in [2.75, 3.05) is 7.11 Å². The Morgan fingerprint density at radius 3 is 2.54 bits per heavy atom. The number of ether oxygens (including phenoxy) is 1. The number of aromatic amines is 1. The van der Waals surface area contributed by atoms with E-state index in [1.165, 1.54) is 19.2 Å². The van der Waals surface area contributed by atoms with Gasteiger partial charge in [0.1, 0.15) is 17.5 Å². The number of carbonyl (C=O) groups excluding carboxylic acids is 2. The van der Waals surface area contributed by atoms with Gasteiger partial charge in [-0.05, 0) is 23.8 Å². The summed E-state index contributed by atoms with van der Waals surface area (Å²) in [5.41, 5.74) is 1.82. The van der Waals surface area contributed by atoms with Gasteiger partial charge in [0, 0.05) is 35.2 Å². The van der Waals surface area contributed by atoms with Crippen molar-refractivity contribution in [3.8, 4) is 11.5 Å². The molecule has 4 N–H and O–H groups in total. The maximum atomic E-state index is 12.4. The second kappa shape index (κ2) is 7.18. The lowest BCUT2D eigenvalue weighted by Gasteiger charge is -2.16. The Labute approximate surface area is 149 Å². The van der Waals surface area contributed by atoms with Gasteiger partial charge in [-0.15, -0.1) is 0 Å². The first-order chi connectivity index (χ1) is 12.5. The maximum absolute atomic E-state index is 12.4. The van der Waals surface area contributed by atoms with Crippen molar-refractivity contribution in [2.24, 2.45) is 0 Å². The highest BCUT2D eigenvalue weighted by Crippen LogP contribution is 2.22. The van der Waals surface area contributed by atoms with Crippen LogP contribution in [0.4, 0.5) is 0 Å². The average molecular weight is 354 g/mol. The number of methoxy groups -OCH3 is 1. The summed E-state index contributed by atoms with van der Waals surface area (Å²) in [6.45, 7) is 0. The van der Waals surface area contributed by atoms with Crippen LogP contribution in [0.3, 0.4) is 0 Å². The first-order valence-corrected chi connectivity index (χ1v) is 7.94. The van der Waals surface area contributed by atoms with Gasteiger partial charge in [0.05, 0.1) is 7.11 Å². The van der Waals surface area contributed by atoms with Crippen LogP contribution in [0.15, 0.2) is 48.7 Å². The Kier molecular flexibility index (Phi) is 4.79. The van der Waals surface area contributed by atoms with Crippen molar-refractivity contribution in [3.63, 3.8) is 0 Å². The maximum Gasteiger partial charge on any atom is 0.328 e. The molecular weight excluding hydrogens is 336 g/mol. The number of H-pyrrole nitrogens is 1. The van der Waals surface area contributed by atoms with E-state index < -0.39 is 17.9 Å². The second-order valence-corrected chi connectivity index (χ2v) is 5.85. The number of hydrogen-bond acceptors (Lipinski definition) is 5. The molecule has 1 amide bonds. The molecule has 0 saturated carbocycles. The highest BCUT2D eigenvalue weighted by atomic mass is 16.5. The molecule has 3 rings (SSSR count). The number of phenolic OH excluding ortho intramolecular Hbond substituents is 2. The summed E-state index contributed by atoms with van der Waals surface area (Å²) in [5, 5.41) is 22.6. The van der Waals surface area contributed by atoms with E-state index in [0.29, 0.717) is 0 Å². The number of fused-ring (bicyclic) bond motifs is 1. The molecule has 0 fully saturated rings. The lowest BCUT2D eigenvalue weighted by atomic mass is 10.0. The standard InChI is InChI=1S/C19H18N2O5/c1-26-19(25)17(8-12-10-20-16-5-3-2-4-15(12)16)21-18(24)11-6-13(22)9-14(23)7-11/h2-7,9-10,17,20,22-23H,8H2,1H3,(H,21,24). The second-order valence-electron chi connectivity index (χ2n) is 5.85. The van der Waals surface area contributed by atoms with Crippen molar-refractivity contribution < 1.29 is 24.5 Å². The molecular formula is C19H18N2O5. The Balaban J connectivity index is 1.84. The predicted octanol–water partition coefficient (Wildman–Crippen LogP) is 2.09. The van der Waals surface area contributed by atoms with E-state index in [9.17, 15) is 19.8 Å². The molecule has 7 nitrogen and oxygen atoms in total. The van der Waals surface area contributed by atoms with E-state index in [0.717, 1.165) is 22.5 Å². The summed E-state index contributed by atoms with van der Waals surface area (Å²) in [6, 6.07) is 10.2. The van der Waals surface area contributed by atoms with Gasteiger partial charge in [-0.1, -0.05) is 18.2 Å². The fraction of sp³-hybridized carbons (Fsp3) is 0.158. The summed E-state index contributed by atoms with van der Waals surface area (Å²) < 4.78 is 4.79. The molecule has 3 aromatic rings. The summed E-state index contributed by atoms with van der Waals surface area (Å²) in [5.74, 6) is -1.69. The van der Waals surface area contributed by atoms with Crippen molar-refractivity contribution in [1.29, 1.82) is 0 Å². The predicted molar refractivity (Wildman–Crippen MR) is 95.0 cm³/mol. The van der Waals surface area contributed by atoms with Crippen LogP contribution < -0.4 is 5.32 Å². The lowest BCUT2D eigenvalue weighted by molar-refractivity contribution is -0.142. The number of phenols is 2. The van der Waals surface area contributed by atoms with Gasteiger partial charge in [0.15, 0.2) is 0 Å². The zero-order chi connectivity index (χ0) is 18.7. The Bertz CT molecular complexity index is 943. The average Bonchev–Trinajstić information content (AvgIpc) is 3.02. The highest BCUT2D eigenvalue weighted by molar-refractivity contribution is 5.97. The number of benzene rings is 2. The molecule has 0 bridgehead atoms. The Morgan fingerprint density at radius 2 is 1.85 bits per heavy atom. The quantitative estimate of drug-likeness (QED) is 0.524. The van der Waals surface area contributed by atoms with Gasteiger partial charge in [-0.25, -0.2) is 4.79 Å². The molecule has 0 aliphatic rings. The van der Waals surface area contributed by atoms with Gasteiger partial charge in [-0.3, -0.25) is 4.79 Å². The van der Waals surface area contributed by atoms with E-state index in [4.69, 9.17) is 4.74 Å². The highest BCUT2D eigenvalue weighted by Gasteiger charge is 2.24. The normalized spacial score (nSPS) is 11.9. The Hall–Kier alpha value is -3.48. The smallest absolute Gasteiger partial charge is 0.328 e. The zero-order valence-electron chi connectivity index (χ0n) is 14.0. The van der Waals surface area contributed by atoms with Crippen LogP contribution in [-0.4, -0.2) is 40.2 Å². The number of hydrogen-bond donors (Lipinski definition) is 4. The van der Waals surface area contributed by atoms with Crippen LogP contribution in [0.5, 0.6) is 11.5 Å². The Morgan fingerprint density at radius 1 is 1.15 bits per heavy atom. The molecule has 2 aromatic carbocycles. The minimum absolute atomic E-state index is 0.0373. The van der Waals surface area contributed by atoms with Crippen molar-refractivity contribution >= 4 is 22.8 Å². The summed E-state index contributed by atoms with van der Waals surface area (Å²) in [7, 11) is 1.25. The molecule has 26 heavy (non-hydrogen) atoms. The number of carbonyl (C=O) groups is 2. The topological polar surface area (TPSA) is 112 Å². The SMILES string of the molecule is COC(=O)C(Cc1c[nH]c2ccccc12)NC(=O)c1cc(O)cc(O)c1. The van der Waals surface area contributed by atoms with Crippen molar-refractivity contribution in [3.05, 3.63) is 59.8 Å². The van der Waals surface area contributed by atoms with Crippen LogP contribution in [0.2, 0.25) is 0 Å². The van der Waals surface area contributed by atoms with Gasteiger partial charge in [-0.2, -0.15) is 0 Å². The zero-order valence-corrected chi connectivity index (χ0v) is 14.0. The van der Waals surface area contributed by atoms with Crippen LogP contribution in [-0.2, 0) is 16.0 Å². The molecule has 7 heteroatoms. The van der Waals surface area contributed by atoms with Crippen LogP contribution >= 0.6 is 0 Å². The summed E-state index contributed by atoms with van der Waals surface area (Å²) in [6.07, 6.45) is 2.01. The first kappa shape index (κ1) is 17.3. The molecule has 1 heterocycles. The largest absolute Gasteiger partial charge is 0.508 e. The van der Waals surface area contributed by atoms with Crippen molar-refractivity contribution in [2.45, 2.75) is 12.5 Å². The third-order valence-electron chi connectivity index (χ3n) is 4.05. The molecule has 0 spiro atoms. The number of nitrogens with one attached hydrogen (secondary N) is 2. The fourth-order valence-electron chi connectivity index (χ4n) is 2.82. The molecule has 1 aromatic heterocycles. The third-order valence-corrected chi connectivity index (χ3v) is 4.05. The fourth-order valence-corrected chi connectivity index (χ4v) is 2.82. The van der Waals surface area contributed by atoms with E-state index in [1.54, 1.807) is 6.20 Å². The first-order valence-electron chi connectivity index (χ1n) is 7.94. The molecule has 1 atom stereocenters. The third kappa shape index (κ3) is 3.61. The van der Waals surface area contributed by atoms with Crippen LogP contribution in [0.25, 0.3) is 10.9 Å². The van der Waals surface area contributed by atoms with Gasteiger partial charge in [0.2, 0.25) is 0 Å². The number of aromatic hydroxyl groups is 2. The number of rotatable bonds is 5. The summed E-state index contributed by atoms with van der Waals surface area (Å²) in [4.78, 5) is 27.7. The van der Waals surface area contributed by atoms with E-state index in [1.807, 2.05) is 24.3 Å². The molecule has 1 unspecified atom stereocenters. The lowest BCUT2D eigenvalue weighted by Crippen LogP contribution is -2.43. The van der Waals surface area contributed by atoms with E-state index in [2.05, 4.69) is 10.3 Å². The number of esters is 1. The molecule has 0 saturated heterocycles. The number of aromatic nitrogens is 1. The van der Waals surface area contributed by atoms with Crippen LogP contribution in [0.1, 0.15) is 15.9 Å². The monoisotopic (exact) mass is 354 g/mol. The van der Waals surface area contributed by atoms with Gasteiger partial charge < -0.3 is 25.3 Å². The van der Waals surface area contributed by atoms with E-state index >= 15 is 0 Å². The number of amides is 1. The van der Waals surface area contributed by atoms with Gasteiger partial charge in [0.25, 0.3) is 5.91 Å². The molecule has 0 aliphatic heterocycles. The molecule has 0 aliphatic carbocycles. The van der Waals surface area contributed by atoms with Crippen LogP contribution in [0, 0.1) is 0 Å². The minimum Gasteiger partial charge on any atom is -0.508 e. The van der Waals surface area contributed by atoms with Gasteiger partial charge >= 0.3 is 5.97 Å². The molecule has 134 valence electrons. The number of para-hydroxylation sites is 1. The molecule has 0 radical (unpaired) electrons. The van der Waals surface area contributed by atoms with Crippen molar-refractivity contribution in [1.82, 2.24) is 10.3 Å². The summed E-state index contributed by atoms with van der Waals surface area (Å²) >= 11 is 0. The van der Waals surface area contributed by atoms with E-state index in [-0.39, 0.29) is 23.5 Å².